The van der Waals surface area contributed by atoms with Crippen molar-refractivity contribution in [2.45, 2.75) is 52.5 Å². The molecule has 0 aliphatic heterocycles. The molecule has 0 spiro atoms. The molecule has 0 aliphatic carbocycles. The first kappa shape index (κ1) is 12.3. The Morgan fingerprint density at radius 3 is 2.38 bits per heavy atom. The fourth-order valence-electron chi connectivity index (χ4n) is 1.29. The van der Waals surface area contributed by atoms with Gasteiger partial charge in [0.2, 0.25) is 0 Å². The molecule has 0 saturated heterocycles. The molecule has 78 valence electrons. The summed E-state index contributed by atoms with van der Waals surface area (Å²) in [6, 6.07) is 0. The second kappa shape index (κ2) is 5.84. The standard InChI is InChI=1S/C10H21NO2/c1-5-8-10(4,6-2)11-9(12)13-7-3/h5-8H2,1-4H3,(H,11,12)/t10-/m0/s1. The Morgan fingerprint density at radius 1 is 1.38 bits per heavy atom. The van der Waals surface area contributed by atoms with Crippen LogP contribution in [0.15, 0.2) is 0 Å². The summed E-state index contributed by atoms with van der Waals surface area (Å²) in [5.74, 6) is 0. The van der Waals surface area contributed by atoms with E-state index >= 15 is 0 Å². The molecule has 1 N–H and O–H groups in total. The van der Waals surface area contributed by atoms with Crippen molar-refractivity contribution < 1.29 is 9.53 Å². The molecule has 0 aliphatic rings. The van der Waals surface area contributed by atoms with Crippen molar-refractivity contribution in [3.63, 3.8) is 0 Å². The molecule has 0 fully saturated rings. The van der Waals surface area contributed by atoms with E-state index in [-0.39, 0.29) is 11.6 Å². The smallest absolute Gasteiger partial charge is 0.407 e. The summed E-state index contributed by atoms with van der Waals surface area (Å²) < 4.78 is 4.84. The van der Waals surface area contributed by atoms with Gasteiger partial charge in [-0.25, -0.2) is 4.79 Å². The molecule has 1 atom stereocenters. The minimum absolute atomic E-state index is 0.110. The Morgan fingerprint density at radius 2 is 2.00 bits per heavy atom. The number of amides is 1. The number of nitrogens with one attached hydrogen (secondary N) is 1. The van der Waals surface area contributed by atoms with Gasteiger partial charge in [0.05, 0.1) is 6.61 Å². The van der Waals surface area contributed by atoms with E-state index in [1.165, 1.54) is 0 Å². The van der Waals surface area contributed by atoms with Gasteiger partial charge in [-0.15, -0.1) is 0 Å². The van der Waals surface area contributed by atoms with Gasteiger partial charge in [0.15, 0.2) is 0 Å². The molecule has 3 nitrogen and oxygen atoms in total. The van der Waals surface area contributed by atoms with E-state index in [1.807, 2.05) is 13.8 Å². The molecule has 0 rings (SSSR count). The van der Waals surface area contributed by atoms with Gasteiger partial charge >= 0.3 is 6.09 Å². The average Bonchev–Trinajstić information content (AvgIpc) is 2.05. The number of carbonyl (C=O) groups is 1. The van der Waals surface area contributed by atoms with Crippen LogP contribution < -0.4 is 5.32 Å². The molecule has 1 amide bonds. The average molecular weight is 187 g/mol. The molecular weight excluding hydrogens is 166 g/mol. The van der Waals surface area contributed by atoms with E-state index in [0.29, 0.717) is 6.61 Å². The monoisotopic (exact) mass is 187 g/mol. The van der Waals surface area contributed by atoms with Crippen LogP contribution in [0.5, 0.6) is 0 Å². The predicted molar refractivity (Wildman–Crippen MR) is 53.8 cm³/mol. The number of hydrogen-bond donors (Lipinski definition) is 1. The molecule has 13 heavy (non-hydrogen) atoms. The van der Waals surface area contributed by atoms with Gasteiger partial charge in [0.1, 0.15) is 0 Å². The topological polar surface area (TPSA) is 38.3 Å². The number of hydrogen-bond acceptors (Lipinski definition) is 2. The van der Waals surface area contributed by atoms with Gasteiger partial charge in [-0.3, -0.25) is 0 Å². The Hall–Kier alpha value is -0.730. The van der Waals surface area contributed by atoms with Gasteiger partial charge in [0.25, 0.3) is 0 Å². The third-order valence-corrected chi connectivity index (χ3v) is 2.26. The van der Waals surface area contributed by atoms with Crippen molar-refractivity contribution in [2.24, 2.45) is 0 Å². The normalized spacial score (nSPS) is 14.8. The zero-order chi connectivity index (χ0) is 10.3. The zero-order valence-electron chi connectivity index (χ0n) is 9.14. The Kier molecular flexibility index (Phi) is 5.51. The zero-order valence-corrected chi connectivity index (χ0v) is 9.14. The molecule has 0 unspecified atom stereocenters. The Bertz CT molecular complexity index is 159. The van der Waals surface area contributed by atoms with Crippen molar-refractivity contribution in [3.05, 3.63) is 0 Å². The van der Waals surface area contributed by atoms with Crippen molar-refractivity contribution in [3.8, 4) is 0 Å². The van der Waals surface area contributed by atoms with Crippen molar-refractivity contribution in [1.82, 2.24) is 5.32 Å². The van der Waals surface area contributed by atoms with E-state index < -0.39 is 0 Å². The summed E-state index contributed by atoms with van der Waals surface area (Å²) in [4.78, 5) is 11.2. The second-order valence-corrected chi connectivity index (χ2v) is 3.51. The lowest BCUT2D eigenvalue weighted by atomic mass is 9.93. The van der Waals surface area contributed by atoms with E-state index in [1.54, 1.807) is 0 Å². The van der Waals surface area contributed by atoms with Crippen molar-refractivity contribution in [1.29, 1.82) is 0 Å². The molecule has 0 aromatic rings. The maximum Gasteiger partial charge on any atom is 0.407 e. The fourth-order valence-corrected chi connectivity index (χ4v) is 1.29. The Balaban J connectivity index is 4.02. The summed E-state index contributed by atoms with van der Waals surface area (Å²) in [5.41, 5.74) is -0.110. The minimum Gasteiger partial charge on any atom is -0.450 e. The molecule has 0 bridgehead atoms. The van der Waals surface area contributed by atoms with Gasteiger partial charge in [-0.1, -0.05) is 20.3 Å². The summed E-state index contributed by atoms with van der Waals surface area (Å²) in [7, 11) is 0. The number of ether oxygens (including phenoxy) is 1. The van der Waals surface area contributed by atoms with Crippen LogP contribution in [-0.4, -0.2) is 18.2 Å². The molecule has 0 aromatic heterocycles. The first-order valence-electron chi connectivity index (χ1n) is 5.03. The maximum atomic E-state index is 11.2. The lowest BCUT2D eigenvalue weighted by Crippen LogP contribution is -2.45. The molecule has 0 saturated carbocycles. The van der Waals surface area contributed by atoms with Crippen LogP contribution in [0.4, 0.5) is 4.79 Å². The highest BCUT2D eigenvalue weighted by molar-refractivity contribution is 5.68. The molecule has 0 heterocycles. The highest BCUT2D eigenvalue weighted by Crippen LogP contribution is 2.16. The van der Waals surface area contributed by atoms with Gasteiger partial charge in [-0.2, -0.15) is 0 Å². The lowest BCUT2D eigenvalue weighted by Gasteiger charge is -2.28. The van der Waals surface area contributed by atoms with E-state index in [2.05, 4.69) is 19.2 Å². The van der Waals surface area contributed by atoms with Crippen LogP contribution in [0.1, 0.15) is 47.0 Å². The van der Waals surface area contributed by atoms with E-state index in [9.17, 15) is 4.79 Å². The predicted octanol–water partition coefficient (Wildman–Crippen LogP) is 2.70. The summed E-state index contributed by atoms with van der Waals surface area (Å²) >= 11 is 0. The van der Waals surface area contributed by atoms with Gasteiger partial charge in [0, 0.05) is 5.54 Å². The lowest BCUT2D eigenvalue weighted by molar-refractivity contribution is 0.137. The number of alkyl carbamates (subject to hydrolysis) is 1. The summed E-state index contributed by atoms with van der Waals surface area (Å²) in [6.07, 6.45) is 2.68. The maximum absolute atomic E-state index is 11.2. The fraction of sp³-hybridized carbons (Fsp3) is 0.900. The summed E-state index contributed by atoms with van der Waals surface area (Å²) in [5, 5.41) is 2.88. The second-order valence-electron chi connectivity index (χ2n) is 3.51. The largest absolute Gasteiger partial charge is 0.450 e. The van der Waals surface area contributed by atoms with Gasteiger partial charge in [-0.05, 0) is 26.7 Å². The van der Waals surface area contributed by atoms with E-state index in [0.717, 1.165) is 19.3 Å². The van der Waals surface area contributed by atoms with Gasteiger partial charge < -0.3 is 10.1 Å². The Labute approximate surface area is 80.8 Å². The van der Waals surface area contributed by atoms with Crippen LogP contribution in [0.3, 0.4) is 0 Å². The van der Waals surface area contributed by atoms with Crippen molar-refractivity contribution >= 4 is 6.09 Å². The van der Waals surface area contributed by atoms with Crippen LogP contribution in [0, 0.1) is 0 Å². The highest BCUT2D eigenvalue weighted by atomic mass is 16.5. The minimum atomic E-state index is -0.305. The van der Waals surface area contributed by atoms with Crippen LogP contribution in [0.25, 0.3) is 0 Å². The molecular formula is C10H21NO2. The van der Waals surface area contributed by atoms with Crippen LogP contribution in [0.2, 0.25) is 0 Å². The summed E-state index contributed by atoms with van der Waals surface area (Å²) in [6.45, 7) is 8.47. The third kappa shape index (κ3) is 4.76. The SMILES string of the molecule is CCC[C@](C)(CC)NC(=O)OCC. The first-order chi connectivity index (χ1) is 6.08. The van der Waals surface area contributed by atoms with Crippen LogP contribution in [-0.2, 0) is 4.74 Å². The third-order valence-electron chi connectivity index (χ3n) is 2.26. The molecule has 0 aromatic carbocycles. The number of rotatable bonds is 5. The van der Waals surface area contributed by atoms with E-state index in [4.69, 9.17) is 4.74 Å². The van der Waals surface area contributed by atoms with Crippen LogP contribution >= 0.6 is 0 Å². The first-order valence-corrected chi connectivity index (χ1v) is 5.03. The molecule has 3 heteroatoms. The number of carbonyl (C=O) groups excluding carboxylic acids is 1. The molecule has 0 radical (unpaired) electrons. The van der Waals surface area contributed by atoms with Crippen molar-refractivity contribution in [2.75, 3.05) is 6.61 Å². The quantitative estimate of drug-likeness (QED) is 0.718. The highest BCUT2D eigenvalue weighted by Gasteiger charge is 2.23.